The van der Waals surface area contributed by atoms with Crippen LogP contribution in [0.5, 0.6) is 0 Å². The van der Waals surface area contributed by atoms with E-state index in [2.05, 4.69) is 10.6 Å². The number of sulfonamides is 1. The van der Waals surface area contributed by atoms with Gasteiger partial charge in [0.1, 0.15) is 0 Å². The molecule has 30 heavy (non-hydrogen) atoms. The van der Waals surface area contributed by atoms with Crippen molar-refractivity contribution in [3.05, 3.63) is 59.7 Å². The lowest BCUT2D eigenvalue weighted by Crippen LogP contribution is -2.29. The second-order valence-electron chi connectivity index (χ2n) is 7.32. The van der Waals surface area contributed by atoms with E-state index in [0.29, 0.717) is 11.3 Å². The van der Waals surface area contributed by atoms with E-state index in [9.17, 15) is 18.0 Å². The molecule has 2 aromatic rings. The molecule has 2 N–H and O–H groups in total. The van der Waals surface area contributed by atoms with Crippen molar-refractivity contribution < 1.29 is 18.0 Å². The summed E-state index contributed by atoms with van der Waals surface area (Å²) in [5, 5.41) is 5.37. The molecular weight excluding hydrogens is 404 g/mol. The number of benzene rings is 2. The minimum Gasteiger partial charge on any atom is -0.339 e. The molecule has 1 heterocycles. The van der Waals surface area contributed by atoms with Crippen molar-refractivity contribution in [2.75, 3.05) is 32.5 Å². The standard InChI is InChI=1S/C21H26N4O4S/c1-24(2)30(28,29)19-10-6-9-18(14-19)23-21(27)22-15-16-7-5-8-17(13-16)20(26)25-11-3-4-12-25/h5-10,13-14H,3-4,11-12,15H2,1-2H3,(H2,22,23,27). The Balaban J connectivity index is 1.60. The first kappa shape index (κ1) is 21.8. The van der Waals surface area contributed by atoms with E-state index in [-0.39, 0.29) is 17.3 Å². The summed E-state index contributed by atoms with van der Waals surface area (Å²) in [5.41, 5.74) is 1.78. The minimum absolute atomic E-state index is 0.0118. The van der Waals surface area contributed by atoms with E-state index in [1.807, 2.05) is 11.0 Å². The van der Waals surface area contributed by atoms with E-state index in [4.69, 9.17) is 0 Å². The van der Waals surface area contributed by atoms with Gasteiger partial charge >= 0.3 is 6.03 Å². The zero-order valence-electron chi connectivity index (χ0n) is 17.1. The lowest BCUT2D eigenvalue weighted by molar-refractivity contribution is 0.0792. The largest absolute Gasteiger partial charge is 0.339 e. The van der Waals surface area contributed by atoms with E-state index >= 15 is 0 Å². The van der Waals surface area contributed by atoms with Gasteiger partial charge in [-0.3, -0.25) is 4.79 Å². The summed E-state index contributed by atoms with van der Waals surface area (Å²) in [6, 6.07) is 12.8. The molecule has 0 aromatic heterocycles. The number of anilines is 1. The molecule has 0 saturated carbocycles. The Morgan fingerprint density at radius 1 is 1.03 bits per heavy atom. The van der Waals surface area contributed by atoms with Crippen molar-refractivity contribution in [2.45, 2.75) is 24.3 Å². The van der Waals surface area contributed by atoms with Crippen molar-refractivity contribution in [1.82, 2.24) is 14.5 Å². The molecule has 0 radical (unpaired) electrons. The van der Waals surface area contributed by atoms with Crippen LogP contribution in [0.3, 0.4) is 0 Å². The fourth-order valence-corrected chi connectivity index (χ4v) is 4.17. The molecule has 0 unspecified atom stereocenters. The topological polar surface area (TPSA) is 98.8 Å². The molecule has 0 spiro atoms. The van der Waals surface area contributed by atoms with Crippen LogP contribution in [0.1, 0.15) is 28.8 Å². The fraction of sp³-hybridized carbons (Fsp3) is 0.333. The average molecular weight is 431 g/mol. The zero-order chi connectivity index (χ0) is 21.7. The van der Waals surface area contributed by atoms with Crippen LogP contribution in [-0.4, -0.2) is 56.7 Å². The Kier molecular flexibility index (Phi) is 6.73. The Morgan fingerprint density at radius 2 is 1.73 bits per heavy atom. The van der Waals surface area contributed by atoms with Crippen LogP contribution >= 0.6 is 0 Å². The third kappa shape index (κ3) is 5.17. The number of hydrogen-bond acceptors (Lipinski definition) is 4. The normalized spacial score (nSPS) is 14.0. The van der Waals surface area contributed by atoms with Crippen LogP contribution in [-0.2, 0) is 16.6 Å². The molecule has 0 bridgehead atoms. The van der Waals surface area contributed by atoms with E-state index in [1.165, 1.54) is 26.2 Å². The van der Waals surface area contributed by atoms with Gasteiger partial charge in [-0.25, -0.2) is 17.5 Å². The van der Waals surface area contributed by atoms with Gasteiger partial charge in [0.2, 0.25) is 10.0 Å². The molecule has 0 atom stereocenters. The highest BCUT2D eigenvalue weighted by atomic mass is 32.2. The molecule has 0 aliphatic carbocycles. The van der Waals surface area contributed by atoms with Crippen LogP contribution in [0, 0.1) is 0 Å². The molecule has 8 nitrogen and oxygen atoms in total. The van der Waals surface area contributed by atoms with Gasteiger partial charge in [0, 0.05) is 45.0 Å². The molecule has 160 valence electrons. The zero-order valence-corrected chi connectivity index (χ0v) is 17.9. The number of carbonyl (C=O) groups is 2. The molecule has 3 rings (SSSR count). The minimum atomic E-state index is -3.58. The van der Waals surface area contributed by atoms with Gasteiger partial charge in [0.05, 0.1) is 4.90 Å². The van der Waals surface area contributed by atoms with Crippen molar-refractivity contribution in [3.63, 3.8) is 0 Å². The number of nitrogens with one attached hydrogen (secondary N) is 2. The predicted octanol–water partition coefficient (Wildman–Crippen LogP) is 2.49. The summed E-state index contributed by atoms with van der Waals surface area (Å²) in [4.78, 5) is 26.7. The number of amides is 3. The maximum Gasteiger partial charge on any atom is 0.319 e. The first-order valence-electron chi connectivity index (χ1n) is 9.73. The van der Waals surface area contributed by atoms with Crippen LogP contribution in [0.25, 0.3) is 0 Å². The quantitative estimate of drug-likeness (QED) is 0.736. The lowest BCUT2D eigenvalue weighted by Gasteiger charge is -2.16. The molecule has 2 aromatic carbocycles. The van der Waals surface area contributed by atoms with Gasteiger partial charge in [-0.1, -0.05) is 18.2 Å². The van der Waals surface area contributed by atoms with Gasteiger partial charge in [0.25, 0.3) is 5.91 Å². The summed E-state index contributed by atoms with van der Waals surface area (Å²) in [6.45, 7) is 1.81. The molecule has 9 heteroatoms. The first-order chi connectivity index (χ1) is 14.3. The Labute approximate surface area is 176 Å². The first-order valence-corrected chi connectivity index (χ1v) is 11.2. The maximum absolute atomic E-state index is 12.5. The van der Waals surface area contributed by atoms with Crippen LogP contribution in [0.4, 0.5) is 10.5 Å². The molecule has 1 saturated heterocycles. The van der Waals surface area contributed by atoms with Crippen molar-refractivity contribution in [1.29, 1.82) is 0 Å². The van der Waals surface area contributed by atoms with Crippen LogP contribution < -0.4 is 10.6 Å². The highest BCUT2D eigenvalue weighted by Gasteiger charge is 2.20. The molecule has 1 aliphatic heterocycles. The number of rotatable bonds is 6. The fourth-order valence-electron chi connectivity index (χ4n) is 3.22. The van der Waals surface area contributed by atoms with Crippen molar-refractivity contribution in [2.24, 2.45) is 0 Å². The number of nitrogens with zero attached hydrogens (tertiary/aromatic N) is 2. The SMILES string of the molecule is CN(C)S(=O)(=O)c1cccc(NC(=O)NCc2cccc(C(=O)N3CCCC3)c2)c1. The number of carbonyl (C=O) groups excluding carboxylic acids is 2. The van der Waals surface area contributed by atoms with E-state index in [1.54, 1.807) is 30.3 Å². The molecular formula is C21H26N4O4S. The van der Waals surface area contributed by atoms with Crippen molar-refractivity contribution in [3.8, 4) is 0 Å². The van der Waals surface area contributed by atoms with Gasteiger partial charge < -0.3 is 15.5 Å². The third-order valence-electron chi connectivity index (χ3n) is 4.89. The summed E-state index contributed by atoms with van der Waals surface area (Å²) in [5.74, 6) is 0.0118. The molecule has 1 aliphatic rings. The van der Waals surface area contributed by atoms with E-state index < -0.39 is 16.1 Å². The van der Waals surface area contributed by atoms with Gasteiger partial charge in [-0.05, 0) is 48.7 Å². The smallest absolute Gasteiger partial charge is 0.319 e. The Hall–Kier alpha value is -2.91. The highest BCUT2D eigenvalue weighted by molar-refractivity contribution is 7.89. The average Bonchev–Trinajstić information content (AvgIpc) is 3.27. The molecule has 1 fully saturated rings. The third-order valence-corrected chi connectivity index (χ3v) is 6.70. The van der Waals surface area contributed by atoms with Gasteiger partial charge in [-0.2, -0.15) is 0 Å². The number of urea groups is 1. The van der Waals surface area contributed by atoms with Gasteiger partial charge in [0.15, 0.2) is 0 Å². The summed E-state index contributed by atoms with van der Waals surface area (Å²) in [6.07, 6.45) is 2.06. The van der Waals surface area contributed by atoms with Gasteiger partial charge in [-0.15, -0.1) is 0 Å². The maximum atomic E-state index is 12.5. The second kappa shape index (κ2) is 9.27. The summed E-state index contributed by atoms with van der Waals surface area (Å²) < 4.78 is 25.6. The number of likely N-dealkylation sites (tertiary alicyclic amines) is 1. The Morgan fingerprint density at radius 3 is 2.43 bits per heavy atom. The highest BCUT2D eigenvalue weighted by Crippen LogP contribution is 2.18. The number of hydrogen-bond donors (Lipinski definition) is 2. The second-order valence-corrected chi connectivity index (χ2v) is 9.47. The van der Waals surface area contributed by atoms with Crippen LogP contribution in [0.15, 0.2) is 53.4 Å². The predicted molar refractivity (Wildman–Crippen MR) is 115 cm³/mol. The van der Waals surface area contributed by atoms with Crippen LogP contribution in [0.2, 0.25) is 0 Å². The monoisotopic (exact) mass is 430 g/mol. The summed E-state index contributed by atoms with van der Waals surface area (Å²) in [7, 11) is -0.687. The summed E-state index contributed by atoms with van der Waals surface area (Å²) >= 11 is 0. The molecule has 3 amide bonds. The lowest BCUT2D eigenvalue weighted by atomic mass is 10.1. The Bertz CT molecular complexity index is 1030. The van der Waals surface area contributed by atoms with E-state index in [0.717, 1.165) is 35.8 Å². The van der Waals surface area contributed by atoms with Crippen molar-refractivity contribution >= 4 is 27.6 Å².